The maximum atomic E-state index is 12.1. The molecule has 0 heterocycles. The van der Waals surface area contributed by atoms with E-state index in [0.717, 1.165) is 31.4 Å². The number of carbonyl (C=O) groups excluding carboxylic acids is 1. The van der Waals surface area contributed by atoms with Gasteiger partial charge in [-0.25, -0.2) is 4.99 Å². The number of nitrogens with zero attached hydrogens (tertiary/aromatic N) is 1. The van der Waals surface area contributed by atoms with E-state index in [1.165, 1.54) is 0 Å². The highest BCUT2D eigenvalue weighted by Gasteiger charge is 2.08. The van der Waals surface area contributed by atoms with Gasteiger partial charge < -0.3 is 16.4 Å². The van der Waals surface area contributed by atoms with Crippen molar-refractivity contribution in [3.8, 4) is 0 Å². The third kappa shape index (κ3) is 6.61. The van der Waals surface area contributed by atoms with Crippen molar-refractivity contribution in [1.82, 2.24) is 10.6 Å². The number of hydrogen-bond acceptors (Lipinski definition) is 2. The topological polar surface area (TPSA) is 79.5 Å². The molecule has 0 aliphatic carbocycles. The number of rotatable bonds is 8. The van der Waals surface area contributed by atoms with Crippen molar-refractivity contribution in [3.05, 3.63) is 35.4 Å². The van der Waals surface area contributed by atoms with E-state index in [1.54, 1.807) is 0 Å². The second-order valence-corrected chi connectivity index (χ2v) is 5.46. The molecule has 0 aliphatic heterocycles. The molecule has 5 nitrogen and oxygen atoms in total. The lowest BCUT2D eigenvalue weighted by Crippen LogP contribution is -2.32. The van der Waals surface area contributed by atoms with E-state index in [1.807, 2.05) is 38.1 Å². The van der Waals surface area contributed by atoms with Crippen molar-refractivity contribution < 1.29 is 4.79 Å². The van der Waals surface area contributed by atoms with Gasteiger partial charge in [0.1, 0.15) is 0 Å². The molecule has 0 spiro atoms. The second-order valence-electron chi connectivity index (χ2n) is 5.46. The van der Waals surface area contributed by atoms with Crippen molar-refractivity contribution in [2.75, 3.05) is 6.54 Å². The first kappa shape index (κ1) is 18.0. The smallest absolute Gasteiger partial charge is 0.251 e. The van der Waals surface area contributed by atoms with Crippen LogP contribution in [0.4, 0.5) is 0 Å². The Hall–Kier alpha value is -2.04. The van der Waals surface area contributed by atoms with Crippen LogP contribution in [0.25, 0.3) is 0 Å². The average molecular weight is 304 g/mol. The highest BCUT2D eigenvalue weighted by Crippen LogP contribution is 2.07. The number of guanidine groups is 1. The molecule has 1 aromatic rings. The monoisotopic (exact) mass is 304 g/mol. The van der Waals surface area contributed by atoms with Gasteiger partial charge in [-0.05, 0) is 37.5 Å². The molecule has 22 heavy (non-hydrogen) atoms. The number of unbranched alkanes of at least 4 members (excludes halogenated alkanes) is 1. The van der Waals surface area contributed by atoms with Crippen LogP contribution in [-0.4, -0.2) is 24.5 Å². The summed E-state index contributed by atoms with van der Waals surface area (Å²) in [6.45, 7) is 7.47. The Kier molecular flexibility index (Phi) is 8.04. The Labute approximate surface area is 133 Å². The fraction of sp³-hybridized carbons (Fsp3) is 0.529. The summed E-state index contributed by atoms with van der Waals surface area (Å²) in [4.78, 5) is 16.4. The van der Waals surface area contributed by atoms with Crippen LogP contribution in [-0.2, 0) is 6.54 Å². The van der Waals surface area contributed by atoms with Gasteiger partial charge in [0.15, 0.2) is 5.96 Å². The zero-order valence-corrected chi connectivity index (χ0v) is 13.9. The van der Waals surface area contributed by atoms with E-state index in [2.05, 4.69) is 22.5 Å². The van der Waals surface area contributed by atoms with Crippen LogP contribution in [0.1, 0.15) is 56.0 Å². The van der Waals surface area contributed by atoms with Gasteiger partial charge in [-0.2, -0.15) is 0 Å². The van der Waals surface area contributed by atoms with Crippen molar-refractivity contribution in [2.45, 2.75) is 52.6 Å². The summed E-state index contributed by atoms with van der Waals surface area (Å²) >= 11 is 0. The fourth-order valence-corrected chi connectivity index (χ4v) is 1.85. The largest absolute Gasteiger partial charge is 0.370 e. The second kappa shape index (κ2) is 9.82. The number of nitrogens with two attached hydrogens (primary N) is 1. The Balaban J connectivity index is 2.60. The zero-order valence-electron chi connectivity index (χ0n) is 13.9. The highest BCUT2D eigenvalue weighted by molar-refractivity contribution is 5.94. The van der Waals surface area contributed by atoms with E-state index in [0.29, 0.717) is 18.1 Å². The van der Waals surface area contributed by atoms with Gasteiger partial charge >= 0.3 is 0 Å². The molecule has 1 amide bonds. The molecule has 0 radical (unpaired) electrons. The fourth-order valence-electron chi connectivity index (χ4n) is 1.85. The third-order valence-corrected chi connectivity index (χ3v) is 3.45. The van der Waals surface area contributed by atoms with Gasteiger partial charge in [0.2, 0.25) is 0 Å². The van der Waals surface area contributed by atoms with Crippen LogP contribution in [0.15, 0.2) is 29.3 Å². The van der Waals surface area contributed by atoms with E-state index >= 15 is 0 Å². The minimum absolute atomic E-state index is 0.0470. The lowest BCUT2D eigenvalue weighted by atomic mass is 10.1. The number of nitrogens with one attached hydrogen (secondary N) is 2. The van der Waals surface area contributed by atoms with E-state index in [-0.39, 0.29) is 11.9 Å². The van der Waals surface area contributed by atoms with Crippen molar-refractivity contribution in [1.29, 1.82) is 0 Å². The zero-order chi connectivity index (χ0) is 16.4. The summed E-state index contributed by atoms with van der Waals surface area (Å²) in [7, 11) is 0. The number of aliphatic imine (C=N–C) groups is 1. The van der Waals surface area contributed by atoms with Gasteiger partial charge in [0.25, 0.3) is 5.91 Å². The molecular weight excluding hydrogens is 276 g/mol. The summed E-state index contributed by atoms with van der Waals surface area (Å²) in [6, 6.07) is 7.67. The van der Waals surface area contributed by atoms with E-state index < -0.39 is 0 Å². The average Bonchev–Trinajstić information content (AvgIpc) is 2.53. The van der Waals surface area contributed by atoms with E-state index in [4.69, 9.17) is 5.73 Å². The lowest BCUT2D eigenvalue weighted by Gasteiger charge is -2.11. The van der Waals surface area contributed by atoms with Gasteiger partial charge in [-0.15, -0.1) is 0 Å². The molecule has 0 aliphatic rings. The molecule has 5 heteroatoms. The van der Waals surface area contributed by atoms with Crippen LogP contribution in [0, 0.1) is 0 Å². The van der Waals surface area contributed by atoms with Crippen molar-refractivity contribution in [3.63, 3.8) is 0 Å². The van der Waals surface area contributed by atoms with Gasteiger partial charge in [-0.1, -0.05) is 32.4 Å². The maximum Gasteiger partial charge on any atom is 0.251 e. The Bertz CT molecular complexity index is 499. The van der Waals surface area contributed by atoms with Crippen molar-refractivity contribution >= 4 is 11.9 Å². The molecule has 0 saturated carbocycles. The molecule has 0 bridgehead atoms. The first-order valence-corrected chi connectivity index (χ1v) is 8.00. The molecule has 1 unspecified atom stereocenters. The standard InChI is InChI=1S/C17H28N4O/c1-4-6-10-19-17(18)20-12-14-8-7-9-15(11-14)16(22)21-13(3)5-2/h7-9,11,13H,4-6,10,12H2,1-3H3,(H,21,22)(H3,18,19,20). The first-order chi connectivity index (χ1) is 10.6. The molecule has 4 N–H and O–H groups in total. The Morgan fingerprint density at radius 3 is 2.82 bits per heavy atom. The Morgan fingerprint density at radius 1 is 1.36 bits per heavy atom. The third-order valence-electron chi connectivity index (χ3n) is 3.45. The van der Waals surface area contributed by atoms with Crippen LogP contribution in [0.5, 0.6) is 0 Å². The molecule has 1 rings (SSSR count). The molecule has 0 fully saturated rings. The minimum atomic E-state index is -0.0470. The molecule has 1 aromatic carbocycles. The van der Waals surface area contributed by atoms with E-state index in [9.17, 15) is 4.79 Å². The molecule has 0 saturated heterocycles. The van der Waals surface area contributed by atoms with Crippen LogP contribution in [0.3, 0.4) is 0 Å². The SMILES string of the molecule is CCCCNC(N)=NCc1cccc(C(=O)NC(C)CC)c1. The van der Waals surface area contributed by atoms with Crippen molar-refractivity contribution in [2.24, 2.45) is 10.7 Å². The molecular formula is C17H28N4O. The number of benzene rings is 1. The summed E-state index contributed by atoms with van der Waals surface area (Å²) < 4.78 is 0. The minimum Gasteiger partial charge on any atom is -0.370 e. The first-order valence-electron chi connectivity index (χ1n) is 8.00. The van der Waals surface area contributed by atoms with Gasteiger partial charge in [0, 0.05) is 18.2 Å². The highest BCUT2D eigenvalue weighted by atomic mass is 16.1. The predicted octanol–water partition coefficient (Wildman–Crippen LogP) is 2.42. The van der Waals surface area contributed by atoms with Gasteiger partial charge in [-0.3, -0.25) is 4.79 Å². The van der Waals surface area contributed by atoms with Crippen LogP contribution >= 0.6 is 0 Å². The predicted molar refractivity (Wildman–Crippen MR) is 91.9 cm³/mol. The number of carbonyl (C=O) groups is 1. The number of hydrogen-bond donors (Lipinski definition) is 3. The number of amides is 1. The quantitative estimate of drug-likeness (QED) is 0.392. The van der Waals surface area contributed by atoms with Crippen LogP contribution in [0.2, 0.25) is 0 Å². The normalized spacial score (nSPS) is 12.8. The Morgan fingerprint density at radius 2 is 2.14 bits per heavy atom. The summed E-state index contributed by atoms with van der Waals surface area (Å²) in [5.41, 5.74) is 7.43. The maximum absolute atomic E-state index is 12.1. The molecule has 1 atom stereocenters. The van der Waals surface area contributed by atoms with Gasteiger partial charge in [0.05, 0.1) is 6.54 Å². The molecule has 0 aromatic heterocycles. The van der Waals surface area contributed by atoms with Crippen LogP contribution < -0.4 is 16.4 Å². The summed E-state index contributed by atoms with van der Waals surface area (Å²) in [5, 5.41) is 6.03. The lowest BCUT2D eigenvalue weighted by molar-refractivity contribution is 0.0939. The molecule has 122 valence electrons. The summed E-state index contributed by atoms with van der Waals surface area (Å²) in [5.74, 6) is 0.400. The summed E-state index contributed by atoms with van der Waals surface area (Å²) in [6.07, 6.45) is 3.10.